The number of pyridine rings is 1. The lowest BCUT2D eigenvalue weighted by atomic mass is 10.4. The quantitative estimate of drug-likeness (QED) is 0.797. The Morgan fingerprint density at radius 2 is 2.22 bits per heavy atom. The number of thioether (sulfide) groups is 1. The van der Waals surface area contributed by atoms with Crippen molar-refractivity contribution in [2.45, 2.75) is 24.8 Å². The number of sulfonamides is 1. The van der Waals surface area contributed by atoms with E-state index in [9.17, 15) is 8.42 Å². The summed E-state index contributed by atoms with van der Waals surface area (Å²) < 4.78 is 26.9. The highest BCUT2D eigenvalue weighted by Gasteiger charge is 2.17. The molecule has 0 aliphatic carbocycles. The molecule has 0 radical (unpaired) electrons. The minimum absolute atomic E-state index is 0.0915. The van der Waals surface area contributed by atoms with E-state index in [1.54, 1.807) is 18.8 Å². The number of nitrogens with zero attached hydrogens (tertiary/aromatic N) is 1. The molecule has 0 aliphatic heterocycles. The van der Waals surface area contributed by atoms with Gasteiger partial charge >= 0.3 is 0 Å². The Morgan fingerprint density at radius 1 is 1.50 bits per heavy atom. The van der Waals surface area contributed by atoms with E-state index in [0.717, 1.165) is 11.5 Å². The second kappa shape index (κ2) is 6.96. The van der Waals surface area contributed by atoms with Gasteiger partial charge in [-0.2, -0.15) is 11.8 Å². The average molecular weight is 289 g/mol. The largest absolute Gasteiger partial charge is 0.373 e. The third kappa shape index (κ3) is 4.47. The van der Waals surface area contributed by atoms with E-state index in [-0.39, 0.29) is 10.9 Å². The maximum atomic E-state index is 12.1. The fourth-order valence-corrected chi connectivity index (χ4v) is 3.41. The van der Waals surface area contributed by atoms with Crippen LogP contribution in [-0.2, 0) is 10.0 Å². The summed E-state index contributed by atoms with van der Waals surface area (Å²) in [6.07, 6.45) is 1.48. The van der Waals surface area contributed by atoms with Crippen LogP contribution in [0.2, 0.25) is 0 Å². The summed E-state index contributed by atoms with van der Waals surface area (Å²) in [7, 11) is -1.76. The second-order valence-corrected chi connectivity index (χ2v) is 6.84. The summed E-state index contributed by atoms with van der Waals surface area (Å²) in [4.78, 5) is 4.22. The zero-order chi connectivity index (χ0) is 13.6. The number of rotatable bonds is 7. The first-order valence-corrected chi connectivity index (χ1v) is 8.37. The second-order valence-electron chi connectivity index (χ2n) is 3.81. The molecule has 1 aromatic rings. The third-order valence-electron chi connectivity index (χ3n) is 2.23. The van der Waals surface area contributed by atoms with Crippen molar-refractivity contribution in [2.24, 2.45) is 0 Å². The molecule has 2 N–H and O–H groups in total. The lowest BCUT2D eigenvalue weighted by Crippen LogP contribution is -2.34. The van der Waals surface area contributed by atoms with Gasteiger partial charge < -0.3 is 5.32 Å². The number of anilines is 1. The fraction of sp³-hybridized carbons (Fsp3) is 0.545. The van der Waals surface area contributed by atoms with Crippen molar-refractivity contribution in [2.75, 3.05) is 23.9 Å². The molecule has 0 amide bonds. The standard InChI is InChI=1S/C11H19N3O2S2/c1-4-17-8-9(2)14-18(15,16)10-5-6-13-11(7-10)12-3/h5-7,9,14H,4,8H2,1-3H3,(H,12,13). The minimum atomic E-state index is -3.47. The summed E-state index contributed by atoms with van der Waals surface area (Å²) in [5.74, 6) is 2.28. The van der Waals surface area contributed by atoms with Gasteiger partial charge in [-0.3, -0.25) is 0 Å². The Bertz CT molecular complexity index is 477. The topological polar surface area (TPSA) is 71.1 Å². The average Bonchev–Trinajstić information content (AvgIpc) is 2.36. The smallest absolute Gasteiger partial charge is 0.241 e. The van der Waals surface area contributed by atoms with E-state index in [1.807, 2.05) is 13.8 Å². The highest BCUT2D eigenvalue weighted by atomic mass is 32.2. The minimum Gasteiger partial charge on any atom is -0.373 e. The normalized spacial score (nSPS) is 13.3. The molecule has 0 saturated heterocycles. The number of hydrogen-bond donors (Lipinski definition) is 2. The SMILES string of the molecule is CCSCC(C)NS(=O)(=O)c1ccnc(NC)c1. The van der Waals surface area contributed by atoms with E-state index < -0.39 is 10.0 Å². The molecular formula is C11H19N3O2S2. The molecule has 1 atom stereocenters. The Balaban J connectivity index is 2.79. The van der Waals surface area contributed by atoms with E-state index in [0.29, 0.717) is 5.82 Å². The van der Waals surface area contributed by atoms with Crippen molar-refractivity contribution < 1.29 is 8.42 Å². The van der Waals surface area contributed by atoms with E-state index >= 15 is 0 Å². The Morgan fingerprint density at radius 3 is 2.83 bits per heavy atom. The molecule has 1 aromatic heterocycles. The van der Waals surface area contributed by atoms with Crippen LogP contribution in [0.15, 0.2) is 23.2 Å². The van der Waals surface area contributed by atoms with Crippen LogP contribution in [0.4, 0.5) is 5.82 Å². The zero-order valence-electron chi connectivity index (χ0n) is 10.8. The highest BCUT2D eigenvalue weighted by Crippen LogP contribution is 2.13. The first-order chi connectivity index (χ1) is 8.49. The van der Waals surface area contributed by atoms with Crippen LogP contribution < -0.4 is 10.0 Å². The first kappa shape index (κ1) is 15.3. The molecule has 7 heteroatoms. The predicted octanol–water partition coefficient (Wildman–Crippen LogP) is 1.54. The molecule has 0 spiro atoms. The van der Waals surface area contributed by atoms with Crippen molar-refractivity contribution in [3.8, 4) is 0 Å². The van der Waals surface area contributed by atoms with E-state index in [2.05, 4.69) is 15.0 Å². The monoisotopic (exact) mass is 289 g/mol. The molecule has 1 unspecified atom stereocenters. The zero-order valence-corrected chi connectivity index (χ0v) is 12.4. The van der Waals surface area contributed by atoms with Crippen LogP contribution in [0.1, 0.15) is 13.8 Å². The summed E-state index contributed by atoms with van der Waals surface area (Å²) in [5, 5.41) is 2.82. The van der Waals surface area contributed by atoms with Crippen molar-refractivity contribution in [3.63, 3.8) is 0 Å². The Hall–Kier alpha value is -0.790. The van der Waals surface area contributed by atoms with Crippen LogP contribution in [0.25, 0.3) is 0 Å². The van der Waals surface area contributed by atoms with Gasteiger partial charge in [0.05, 0.1) is 4.90 Å². The number of aromatic nitrogens is 1. The van der Waals surface area contributed by atoms with Crippen molar-refractivity contribution in [3.05, 3.63) is 18.3 Å². The summed E-state index contributed by atoms with van der Waals surface area (Å²) in [6.45, 7) is 3.91. The number of hydrogen-bond acceptors (Lipinski definition) is 5. The van der Waals surface area contributed by atoms with Crippen LogP contribution in [0, 0.1) is 0 Å². The van der Waals surface area contributed by atoms with Crippen LogP contribution >= 0.6 is 11.8 Å². The Labute approximate surface area is 113 Å². The number of nitrogens with one attached hydrogen (secondary N) is 2. The van der Waals surface area contributed by atoms with Crippen molar-refractivity contribution in [1.82, 2.24) is 9.71 Å². The van der Waals surface area contributed by atoms with Crippen molar-refractivity contribution >= 4 is 27.6 Å². The van der Waals surface area contributed by atoms with Gasteiger partial charge in [-0.25, -0.2) is 18.1 Å². The molecule has 18 heavy (non-hydrogen) atoms. The van der Waals surface area contributed by atoms with Gasteiger partial charge in [-0.05, 0) is 18.7 Å². The van der Waals surface area contributed by atoms with Crippen LogP contribution in [0.5, 0.6) is 0 Å². The highest BCUT2D eigenvalue weighted by molar-refractivity contribution is 7.99. The summed E-state index contributed by atoms with van der Waals surface area (Å²) >= 11 is 1.71. The maximum Gasteiger partial charge on any atom is 0.241 e. The van der Waals surface area contributed by atoms with Crippen LogP contribution in [0.3, 0.4) is 0 Å². The van der Waals surface area contributed by atoms with Gasteiger partial charge in [0.2, 0.25) is 10.0 Å². The van der Waals surface area contributed by atoms with Gasteiger partial charge in [0.1, 0.15) is 5.82 Å². The van der Waals surface area contributed by atoms with Gasteiger partial charge in [-0.1, -0.05) is 6.92 Å². The van der Waals surface area contributed by atoms with Crippen LogP contribution in [-0.4, -0.2) is 38.0 Å². The third-order valence-corrected chi connectivity index (χ3v) is 4.96. The molecule has 0 saturated carbocycles. The van der Waals surface area contributed by atoms with Crippen molar-refractivity contribution in [1.29, 1.82) is 0 Å². The molecule has 0 fully saturated rings. The van der Waals surface area contributed by atoms with Gasteiger partial charge in [0, 0.05) is 31.1 Å². The molecule has 102 valence electrons. The summed E-state index contributed by atoms with van der Waals surface area (Å²) in [6, 6.07) is 2.91. The first-order valence-electron chi connectivity index (χ1n) is 5.73. The predicted molar refractivity (Wildman–Crippen MR) is 76.6 cm³/mol. The Kier molecular flexibility index (Phi) is 5.90. The van der Waals surface area contributed by atoms with Gasteiger partial charge in [-0.15, -0.1) is 0 Å². The molecule has 5 nitrogen and oxygen atoms in total. The molecule has 0 aliphatic rings. The lowest BCUT2D eigenvalue weighted by molar-refractivity contribution is 0.571. The molecule has 1 rings (SSSR count). The summed E-state index contributed by atoms with van der Waals surface area (Å²) in [5.41, 5.74) is 0. The van der Waals surface area contributed by atoms with Gasteiger partial charge in [0.15, 0.2) is 0 Å². The molecule has 0 bridgehead atoms. The molecule has 1 heterocycles. The molecule has 0 aromatic carbocycles. The maximum absolute atomic E-state index is 12.1. The van der Waals surface area contributed by atoms with Gasteiger partial charge in [0.25, 0.3) is 0 Å². The van der Waals surface area contributed by atoms with E-state index in [4.69, 9.17) is 0 Å². The lowest BCUT2D eigenvalue weighted by Gasteiger charge is -2.13. The fourth-order valence-electron chi connectivity index (χ4n) is 1.38. The van der Waals surface area contributed by atoms with E-state index in [1.165, 1.54) is 18.3 Å². The molecular weight excluding hydrogens is 270 g/mol.